The number of hydrogen-bond acceptors (Lipinski definition) is 4. The van der Waals surface area contributed by atoms with E-state index in [1.54, 1.807) is 43.2 Å². The lowest BCUT2D eigenvalue weighted by Gasteiger charge is -2.23. The molecule has 1 heterocycles. The molecule has 0 bridgehead atoms. The molecule has 7 nitrogen and oxygen atoms in total. The summed E-state index contributed by atoms with van der Waals surface area (Å²) in [5.41, 5.74) is 0.203. The molecule has 10 heteroatoms. The summed E-state index contributed by atoms with van der Waals surface area (Å²) in [6, 6.07) is 6.35. The minimum Gasteiger partial charge on any atom is -0.484 e. The Morgan fingerprint density at radius 3 is 2.69 bits per heavy atom. The molecule has 0 fully saturated rings. The molecule has 0 aliphatic heterocycles. The minimum atomic E-state index is -4.39. The lowest BCUT2D eigenvalue weighted by atomic mass is 10.00. The van der Waals surface area contributed by atoms with Crippen molar-refractivity contribution in [3.05, 3.63) is 47.8 Å². The predicted molar refractivity (Wildman–Crippen MR) is 104 cm³/mol. The quantitative estimate of drug-likeness (QED) is 0.457. The van der Waals surface area contributed by atoms with Crippen molar-refractivity contribution in [1.82, 2.24) is 20.4 Å². The molecule has 2 aromatic rings. The Kier molecular flexibility index (Phi) is 7.49. The number of aryl methyl sites for hydroxylation is 1. The molecule has 0 spiro atoms. The molecular weight excluding hydrogens is 387 g/mol. The fourth-order valence-electron chi connectivity index (χ4n) is 2.47. The highest BCUT2D eigenvalue weighted by atomic mass is 19.4. The third-order valence-electron chi connectivity index (χ3n) is 3.99. The van der Waals surface area contributed by atoms with Crippen LogP contribution in [0.2, 0.25) is 0 Å². The first-order valence-electron chi connectivity index (χ1n) is 9.11. The number of nitrogens with zero attached hydrogens (tertiary/aromatic N) is 3. The van der Waals surface area contributed by atoms with E-state index < -0.39 is 18.4 Å². The number of ether oxygens (including phenoxy) is 1. The van der Waals surface area contributed by atoms with E-state index in [9.17, 15) is 18.3 Å². The molecule has 2 rings (SSSR count). The molecule has 0 saturated carbocycles. The van der Waals surface area contributed by atoms with Crippen molar-refractivity contribution in [3.8, 4) is 5.75 Å². The van der Waals surface area contributed by atoms with Gasteiger partial charge in [0.15, 0.2) is 12.6 Å². The van der Waals surface area contributed by atoms with Gasteiger partial charge in [-0.3, -0.25) is 4.68 Å². The summed E-state index contributed by atoms with van der Waals surface area (Å²) in [5, 5.41) is 20.9. The largest absolute Gasteiger partial charge is 0.484 e. The number of aromatic nitrogens is 2. The van der Waals surface area contributed by atoms with Gasteiger partial charge in [-0.05, 0) is 31.5 Å². The fraction of sp³-hybridized carbons (Fsp3) is 0.474. The lowest BCUT2D eigenvalue weighted by Crippen LogP contribution is -2.44. The highest BCUT2D eigenvalue weighted by Crippen LogP contribution is 2.20. The van der Waals surface area contributed by atoms with E-state index in [0.29, 0.717) is 23.6 Å². The molecule has 3 N–H and O–H groups in total. The van der Waals surface area contributed by atoms with Crippen LogP contribution in [0, 0.1) is 0 Å². The van der Waals surface area contributed by atoms with Gasteiger partial charge in [0.1, 0.15) is 11.4 Å². The molecule has 0 saturated heterocycles. The van der Waals surface area contributed by atoms with E-state index >= 15 is 0 Å². The van der Waals surface area contributed by atoms with Crippen molar-refractivity contribution in [2.45, 2.75) is 32.2 Å². The fourth-order valence-corrected chi connectivity index (χ4v) is 2.47. The number of nitrogens with one attached hydrogen (secondary N) is 2. The van der Waals surface area contributed by atoms with Gasteiger partial charge in [-0.1, -0.05) is 12.1 Å². The molecule has 1 aromatic carbocycles. The van der Waals surface area contributed by atoms with Crippen LogP contribution in [0.15, 0.2) is 41.7 Å². The number of halogens is 3. The van der Waals surface area contributed by atoms with Crippen molar-refractivity contribution < 1.29 is 23.0 Å². The van der Waals surface area contributed by atoms with Crippen LogP contribution in [0.4, 0.5) is 13.2 Å². The smallest absolute Gasteiger partial charge is 0.422 e. The van der Waals surface area contributed by atoms with Gasteiger partial charge >= 0.3 is 6.18 Å². The van der Waals surface area contributed by atoms with Crippen LogP contribution in [0.1, 0.15) is 25.0 Å². The molecule has 0 radical (unpaired) electrons. The van der Waals surface area contributed by atoms with Crippen molar-refractivity contribution in [1.29, 1.82) is 0 Å². The SMILES string of the molecule is CCNC(=NCc1cccc(OCC(F)(F)F)c1)NCC(C)(O)c1cnn(C)c1. The van der Waals surface area contributed by atoms with Crippen LogP contribution in [-0.2, 0) is 19.2 Å². The Labute approximate surface area is 167 Å². The van der Waals surface area contributed by atoms with Crippen molar-refractivity contribution >= 4 is 5.96 Å². The second-order valence-electron chi connectivity index (χ2n) is 6.78. The zero-order valence-electron chi connectivity index (χ0n) is 16.6. The summed E-state index contributed by atoms with van der Waals surface area (Å²) < 4.78 is 43.3. The average Bonchev–Trinajstić information content (AvgIpc) is 3.09. The van der Waals surface area contributed by atoms with Crippen molar-refractivity contribution in [2.24, 2.45) is 12.0 Å². The molecule has 29 heavy (non-hydrogen) atoms. The number of guanidine groups is 1. The number of hydrogen-bond donors (Lipinski definition) is 3. The molecule has 1 atom stereocenters. The first kappa shape index (κ1) is 22.5. The maximum atomic E-state index is 12.3. The molecule has 0 amide bonds. The van der Waals surface area contributed by atoms with Gasteiger partial charge < -0.3 is 20.5 Å². The van der Waals surface area contributed by atoms with E-state index in [4.69, 9.17) is 4.74 Å². The third-order valence-corrected chi connectivity index (χ3v) is 3.99. The van der Waals surface area contributed by atoms with Gasteiger partial charge in [-0.15, -0.1) is 0 Å². The second kappa shape index (κ2) is 9.64. The van der Waals surface area contributed by atoms with Crippen LogP contribution in [0.3, 0.4) is 0 Å². The standard InChI is InChI=1S/C19H26F3N5O2/c1-4-23-17(25-12-18(2,28)15-10-26-27(3)11-15)24-9-14-6-5-7-16(8-14)29-13-19(20,21)22/h5-8,10-11,28H,4,9,12-13H2,1-3H3,(H2,23,24,25). The highest BCUT2D eigenvalue weighted by molar-refractivity contribution is 5.79. The van der Waals surface area contributed by atoms with E-state index in [2.05, 4.69) is 20.7 Å². The number of rotatable bonds is 8. The number of benzene rings is 1. The Balaban J connectivity index is 2.00. The first-order valence-corrected chi connectivity index (χ1v) is 9.11. The number of aliphatic imine (C=N–C) groups is 1. The number of aliphatic hydroxyl groups is 1. The predicted octanol–water partition coefficient (Wildman–Crippen LogP) is 2.32. The Bertz CT molecular complexity index is 818. The molecule has 0 aliphatic carbocycles. The Hall–Kier alpha value is -2.75. The van der Waals surface area contributed by atoms with E-state index in [0.717, 1.165) is 0 Å². The minimum absolute atomic E-state index is 0.132. The lowest BCUT2D eigenvalue weighted by molar-refractivity contribution is -0.153. The molecule has 160 valence electrons. The highest BCUT2D eigenvalue weighted by Gasteiger charge is 2.28. The van der Waals surface area contributed by atoms with E-state index in [1.807, 2.05) is 6.92 Å². The van der Waals surface area contributed by atoms with Crippen LogP contribution in [-0.4, -0.2) is 46.7 Å². The second-order valence-corrected chi connectivity index (χ2v) is 6.78. The van der Waals surface area contributed by atoms with Gasteiger partial charge in [-0.2, -0.15) is 18.3 Å². The van der Waals surface area contributed by atoms with Gasteiger partial charge in [0.25, 0.3) is 0 Å². The van der Waals surface area contributed by atoms with E-state index in [1.165, 1.54) is 12.1 Å². The summed E-state index contributed by atoms with van der Waals surface area (Å²) >= 11 is 0. The molecular formula is C19H26F3N5O2. The normalized spacial score (nSPS) is 14.4. The monoisotopic (exact) mass is 413 g/mol. The van der Waals surface area contributed by atoms with Crippen molar-refractivity contribution in [3.63, 3.8) is 0 Å². The molecule has 1 unspecified atom stereocenters. The summed E-state index contributed by atoms with van der Waals surface area (Å²) in [7, 11) is 1.77. The topological polar surface area (TPSA) is 83.7 Å². The maximum absolute atomic E-state index is 12.3. The van der Waals surface area contributed by atoms with Crippen molar-refractivity contribution in [2.75, 3.05) is 19.7 Å². The van der Waals surface area contributed by atoms with Crippen LogP contribution in [0.5, 0.6) is 5.75 Å². The third kappa shape index (κ3) is 7.65. The summed E-state index contributed by atoms with van der Waals surface area (Å²) in [6.07, 6.45) is -1.06. The first-order chi connectivity index (χ1) is 13.6. The zero-order chi connectivity index (χ0) is 21.5. The summed E-state index contributed by atoms with van der Waals surface area (Å²) in [6.45, 7) is 3.26. The molecule has 1 aromatic heterocycles. The summed E-state index contributed by atoms with van der Waals surface area (Å²) in [4.78, 5) is 4.42. The molecule has 0 aliphatic rings. The van der Waals surface area contributed by atoms with E-state index in [-0.39, 0.29) is 18.8 Å². The summed E-state index contributed by atoms with van der Waals surface area (Å²) in [5.74, 6) is 0.603. The zero-order valence-corrected chi connectivity index (χ0v) is 16.6. The Morgan fingerprint density at radius 1 is 1.31 bits per heavy atom. The average molecular weight is 413 g/mol. The maximum Gasteiger partial charge on any atom is 0.422 e. The number of alkyl halides is 3. The van der Waals surface area contributed by atoms with Gasteiger partial charge in [-0.25, -0.2) is 4.99 Å². The van der Waals surface area contributed by atoms with Crippen LogP contribution < -0.4 is 15.4 Å². The Morgan fingerprint density at radius 2 is 2.07 bits per heavy atom. The van der Waals surface area contributed by atoms with Gasteiger partial charge in [0.2, 0.25) is 0 Å². The van der Waals surface area contributed by atoms with Gasteiger partial charge in [0.05, 0.1) is 19.3 Å². The van der Waals surface area contributed by atoms with Gasteiger partial charge in [0, 0.05) is 25.4 Å². The van der Waals surface area contributed by atoms with Crippen LogP contribution in [0.25, 0.3) is 0 Å². The van der Waals surface area contributed by atoms with Crippen LogP contribution >= 0.6 is 0 Å².